The monoisotopic (exact) mass is 630 g/mol. The molecule has 1 fully saturated rings. The van der Waals surface area contributed by atoms with Gasteiger partial charge in [-0.15, -0.1) is 0 Å². The lowest BCUT2D eigenvalue weighted by atomic mass is 10.1. The normalized spacial score (nSPS) is 17.0. The van der Waals surface area contributed by atoms with Crippen LogP contribution in [0, 0.1) is 0 Å². The number of likely N-dealkylation sites (tertiary alicyclic amines) is 1. The quantitative estimate of drug-likeness (QED) is 0.131. The molecule has 0 aliphatic carbocycles. The highest BCUT2D eigenvalue weighted by Gasteiger charge is 2.40. The molecule has 0 spiro atoms. The molecule has 2 unspecified atom stereocenters. The number of amides is 2. The molecule has 2 aromatic rings. The molecule has 0 radical (unpaired) electrons. The van der Waals surface area contributed by atoms with Crippen LogP contribution in [0.15, 0.2) is 60.7 Å². The van der Waals surface area contributed by atoms with Gasteiger partial charge >= 0.3 is 19.7 Å². The predicted octanol–water partition coefficient (Wildman–Crippen LogP) is 6.01. The van der Waals surface area contributed by atoms with Crippen LogP contribution >= 0.6 is 7.60 Å². The molecule has 1 aliphatic heterocycles. The first kappa shape index (κ1) is 35.3. The Labute approximate surface area is 261 Å². The molecule has 3 rings (SSSR count). The summed E-state index contributed by atoms with van der Waals surface area (Å²) in [6, 6.07) is 18.4. The van der Waals surface area contributed by atoms with Crippen molar-refractivity contribution in [2.75, 3.05) is 19.3 Å². The number of carbonyl (C=O) groups is 3. The van der Waals surface area contributed by atoms with Crippen molar-refractivity contribution in [1.29, 1.82) is 0 Å². The second kappa shape index (κ2) is 17.3. The summed E-state index contributed by atoms with van der Waals surface area (Å²) in [5.74, 6) is -1.00. The molecule has 242 valence electrons. The van der Waals surface area contributed by atoms with Gasteiger partial charge in [0.2, 0.25) is 0 Å². The van der Waals surface area contributed by atoms with E-state index in [4.69, 9.17) is 14.0 Å². The van der Waals surface area contributed by atoms with Gasteiger partial charge in [0.25, 0.3) is 5.91 Å². The van der Waals surface area contributed by atoms with Gasteiger partial charge < -0.3 is 24.6 Å². The zero-order chi connectivity index (χ0) is 32.0. The summed E-state index contributed by atoms with van der Waals surface area (Å²) in [4.78, 5) is 50.8. The molecule has 11 heteroatoms. The fraction of sp³-hybridized carbons (Fsp3) is 0.545. The molecular formula is C33H47N2O8P. The lowest BCUT2D eigenvalue weighted by Crippen LogP contribution is -2.46. The van der Waals surface area contributed by atoms with Crippen LogP contribution in [0.1, 0.15) is 76.8 Å². The van der Waals surface area contributed by atoms with E-state index in [1.165, 1.54) is 4.90 Å². The number of aryl methyl sites for hydroxylation is 1. The molecule has 3 atom stereocenters. The zero-order valence-corrected chi connectivity index (χ0v) is 27.0. The number of rotatable bonds is 16. The Morgan fingerprint density at radius 3 is 2.30 bits per heavy atom. The second-order valence-corrected chi connectivity index (χ2v) is 14.0. The van der Waals surface area contributed by atoms with Crippen molar-refractivity contribution in [2.24, 2.45) is 0 Å². The molecule has 1 aliphatic rings. The van der Waals surface area contributed by atoms with Crippen molar-refractivity contribution in [3.05, 3.63) is 71.8 Å². The third-order valence-electron chi connectivity index (χ3n) is 7.16. The number of hydrogen-bond acceptors (Lipinski definition) is 7. The molecule has 1 saturated heterocycles. The fourth-order valence-corrected chi connectivity index (χ4v) is 6.32. The van der Waals surface area contributed by atoms with Crippen molar-refractivity contribution in [1.82, 2.24) is 10.2 Å². The Morgan fingerprint density at radius 2 is 1.64 bits per heavy atom. The molecule has 1 heterocycles. The lowest BCUT2D eigenvalue weighted by molar-refractivity contribution is -0.156. The summed E-state index contributed by atoms with van der Waals surface area (Å²) in [7, 11) is -4.11. The molecule has 2 aromatic carbocycles. The molecule has 10 nitrogen and oxygen atoms in total. The van der Waals surface area contributed by atoms with E-state index in [9.17, 15) is 23.8 Å². The SMILES string of the molecule is CC(C)(C)OC(=O)NCCCCC(OP(=O)(O)CCCCc1ccccc1)C(=O)N1CCC[C@H]1C(=O)OCc1ccccc1. The van der Waals surface area contributed by atoms with Gasteiger partial charge in [-0.05, 0) is 83.3 Å². The summed E-state index contributed by atoms with van der Waals surface area (Å²) >= 11 is 0. The maximum absolute atomic E-state index is 13.7. The largest absolute Gasteiger partial charge is 0.459 e. The Morgan fingerprint density at radius 1 is 0.977 bits per heavy atom. The van der Waals surface area contributed by atoms with Gasteiger partial charge in [0.1, 0.15) is 24.4 Å². The number of esters is 1. The number of benzene rings is 2. The molecule has 2 amide bonds. The maximum atomic E-state index is 13.7. The summed E-state index contributed by atoms with van der Waals surface area (Å²) in [6.45, 7) is 6.06. The first-order valence-electron chi connectivity index (χ1n) is 15.5. The van der Waals surface area contributed by atoms with E-state index in [1.807, 2.05) is 60.7 Å². The Kier molecular flexibility index (Phi) is 13.9. The Balaban J connectivity index is 1.59. The van der Waals surface area contributed by atoms with Crippen molar-refractivity contribution < 1.29 is 37.8 Å². The number of nitrogens with one attached hydrogen (secondary N) is 1. The predicted molar refractivity (Wildman–Crippen MR) is 168 cm³/mol. The van der Waals surface area contributed by atoms with Crippen LogP contribution in [0.4, 0.5) is 4.79 Å². The summed E-state index contributed by atoms with van der Waals surface area (Å²) in [6.07, 6.45) is 2.28. The van der Waals surface area contributed by atoms with E-state index < -0.39 is 43.3 Å². The standard InChI is InChI=1S/C33H47N2O8P/c1-33(2,3)42-32(38)34-22-12-10-21-29(43-44(39,40)24-13-11-17-26-15-6-4-7-16-26)30(36)35-23-14-20-28(35)31(37)41-25-27-18-8-5-9-19-27/h4-9,15-16,18-19,28-29H,10-14,17,20-25H2,1-3H3,(H,34,38)(H,39,40)/t28-,29?/m0/s1. The molecule has 0 bridgehead atoms. The van der Waals surface area contributed by atoms with Crippen LogP contribution in [-0.4, -0.2) is 64.8 Å². The molecule has 2 N–H and O–H groups in total. The average molecular weight is 631 g/mol. The number of ether oxygens (including phenoxy) is 2. The first-order valence-corrected chi connectivity index (χ1v) is 17.2. The minimum Gasteiger partial charge on any atom is -0.459 e. The first-order chi connectivity index (χ1) is 20.9. The van der Waals surface area contributed by atoms with Gasteiger partial charge in [-0.3, -0.25) is 13.9 Å². The highest BCUT2D eigenvalue weighted by atomic mass is 31.2. The molecular weight excluding hydrogens is 583 g/mol. The van der Waals surface area contributed by atoms with Gasteiger partial charge in [-0.2, -0.15) is 0 Å². The third-order valence-corrected chi connectivity index (χ3v) is 8.62. The van der Waals surface area contributed by atoms with Crippen molar-refractivity contribution in [3.8, 4) is 0 Å². The van der Waals surface area contributed by atoms with E-state index in [-0.39, 0.29) is 19.2 Å². The Bertz CT molecular complexity index is 1240. The van der Waals surface area contributed by atoms with Gasteiger partial charge in [-0.25, -0.2) is 9.59 Å². The molecule has 44 heavy (non-hydrogen) atoms. The van der Waals surface area contributed by atoms with E-state index in [0.29, 0.717) is 51.6 Å². The van der Waals surface area contributed by atoms with E-state index >= 15 is 0 Å². The number of hydrogen-bond donors (Lipinski definition) is 2. The van der Waals surface area contributed by atoms with Crippen LogP contribution in [0.3, 0.4) is 0 Å². The van der Waals surface area contributed by atoms with E-state index in [1.54, 1.807) is 20.8 Å². The second-order valence-electron chi connectivity index (χ2n) is 12.1. The van der Waals surface area contributed by atoms with Crippen molar-refractivity contribution >= 4 is 25.6 Å². The smallest absolute Gasteiger partial charge is 0.407 e. The minimum absolute atomic E-state index is 0.0770. The number of unbranched alkanes of at least 4 members (excludes halogenated alkanes) is 2. The van der Waals surface area contributed by atoms with Crippen LogP contribution in [0.25, 0.3) is 0 Å². The number of alkyl carbamates (subject to hydrolysis) is 1. The fourth-order valence-electron chi connectivity index (χ4n) is 5.00. The maximum Gasteiger partial charge on any atom is 0.407 e. The minimum atomic E-state index is -4.11. The van der Waals surface area contributed by atoms with Crippen LogP contribution in [-0.2, 0) is 41.2 Å². The van der Waals surface area contributed by atoms with Crippen molar-refractivity contribution in [2.45, 2.75) is 96.5 Å². The van der Waals surface area contributed by atoms with E-state index in [2.05, 4.69) is 5.32 Å². The molecule has 0 aromatic heterocycles. The summed E-state index contributed by atoms with van der Waals surface area (Å²) in [5, 5.41) is 2.68. The van der Waals surface area contributed by atoms with E-state index in [0.717, 1.165) is 17.5 Å². The number of carbonyl (C=O) groups excluding carboxylic acids is 3. The third kappa shape index (κ3) is 12.8. The molecule has 0 saturated carbocycles. The summed E-state index contributed by atoms with van der Waals surface area (Å²) < 4.78 is 29.6. The zero-order valence-electron chi connectivity index (χ0n) is 26.1. The van der Waals surface area contributed by atoms with Crippen LogP contribution in [0.2, 0.25) is 0 Å². The highest BCUT2D eigenvalue weighted by molar-refractivity contribution is 7.52. The average Bonchev–Trinajstić information content (AvgIpc) is 3.47. The summed E-state index contributed by atoms with van der Waals surface area (Å²) in [5.41, 5.74) is 1.37. The topological polar surface area (TPSA) is 131 Å². The number of nitrogens with zero attached hydrogens (tertiary/aromatic N) is 1. The lowest BCUT2D eigenvalue weighted by Gasteiger charge is -2.29. The van der Waals surface area contributed by atoms with Crippen LogP contribution < -0.4 is 5.32 Å². The van der Waals surface area contributed by atoms with Gasteiger partial charge in [0.05, 0.1) is 6.16 Å². The van der Waals surface area contributed by atoms with Crippen molar-refractivity contribution in [3.63, 3.8) is 0 Å². The highest BCUT2D eigenvalue weighted by Crippen LogP contribution is 2.45. The van der Waals surface area contributed by atoms with Gasteiger partial charge in [-0.1, -0.05) is 60.7 Å². The van der Waals surface area contributed by atoms with Gasteiger partial charge in [0.15, 0.2) is 0 Å². The van der Waals surface area contributed by atoms with Crippen LogP contribution in [0.5, 0.6) is 0 Å². The Hall–Kier alpha value is -3.20. The van der Waals surface area contributed by atoms with Gasteiger partial charge in [0, 0.05) is 13.1 Å².